The summed E-state index contributed by atoms with van der Waals surface area (Å²) in [6.07, 6.45) is 0.286. The van der Waals surface area contributed by atoms with Gasteiger partial charge in [-0.25, -0.2) is 0 Å². The summed E-state index contributed by atoms with van der Waals surface area (Å²) < 4.78 is 5.30. The molecule has 0 bridgehead atoms. The predicted octanol–water partition coefficient (Wildman–Crippen LogP) is 3.90. The highest BCUT2D eigenvalue weighted by molar-refractivity contribution is 6.69. The van der Waals surface area contributed by atoms with Gasteiger partial charge in [0.25, 0.3) is 0 Å². The van der Waals surface area contributed by atoms with Crippen molar-refractivity contribution in [1.29, 1.82) is 0 Å². The molecule has 0 aliphatic rings. The van der Waals surface area contributed by atoms with Crippen LogP contribution in [0, 0.1) is 0 Å². The van der Waals surface area contributed by atoms with E-state index in [1.807, 2.05) is 39.8 Å². The first-order chi connectivity index (χ1) is 9.23. The molecule has 0 radical (unpaired) electrons. The molecular weight excluding hydrogens is 278 g/mol. The number of ether oxygens (including phenoxy) is 1. The van der Waals surface area contributed by atoms with Gasteiger partial charge in [-0.05, 0) is 38.3 Å². The highest BCUT2D eigenvalue weighted by atomic mass is 35.5. The summed E-state index contributed by atoms with van der Waals surface area (Å²) in [5.41, 5.74) is 1.07. The van der Waals surface area contributed by atoms with Gasteiger partial charge in [-0.3, -0.25) is 4.79 Å². The molecule has 0 saturated heterocycles. The van der Waals surface area contributed by atoms with E-state index in [1.165, 1.54) is 0 Å². The van der Waals surface area contributed by atoms with Gasteiger partial charge in [0.05, 0.1) is 6.42 Å². The Kier molecular flexibility index (Phi) is 5.57. The quantitative estimate of drug-likeness (QED) is 0.397. The molecule has 0 fully saturated rings. The Morgan fingerprint density at radius 1 is 1.45 bits per heavy atom. The highest BCUT2D eigenvalue weighted by Crippen LogP contribution is 2.22. The monoisotopic (exact) mass is 297 g/mol. The molecule has 0 amide bonds. The maximum atomic E-state index is 11.8. The fourth-order valence-electron chi connectivity index (χ4n) is 1.78. The molecule has 110 valence electrons. The van der Waals surface area contributed by atoms with E-state index in [0.717, 1.165) is 5.56 Å². The number of nitrogens with zero attached hydrogens (tertiary/aromatic N) is 1. The molecule has 0 saturated carbocycles. The Labute approximate surface area is 124 Å². The molecule has 0 heterocycles. The average Bonchev–Trinajstić information content (AvgIpc) is 2.35. The van der Waals surface area contributed by atoms with Crippen LogP contribution in [0.5, 0.6) is 0 Å². The SMILES string of the molecule is CC(CC(=O)OC(C)(C)C)c1cccc(C(Cl)=NO)c1. The number of rotatable bonds is 4. The van der Waals surface area contributed by atoms with E-state index in [0.29, 0.717) is 5.56 Å². The first-order valence-electron chi connectivity index (χ1n) is 6.42. The summed E-state index contributed by atoms with van der Waals surface area (Å²) >= 11 is 5.77. The van der Waals surface area contributed by atoms with Gasteiger partial charge in [0.1, 0.15) is 5.60 Å². The molecule has 0 aromatic heterocycles. The van der Waals surface area contributed by atoms with E-state index < -0.39 is 5.60 Å². The minimum Gasteiger partial charge on any atom is -0.460 e. The number of benzene rings is 1. The van der Waals surface area contributed by atoms with E-state index in [1.54, 1.807) is 12.1 Å². The van der Waals surface area contributed by atoms with Crippen LogP contribution in [-0.2, 0) is 9.53 Å². The van der Waals surface area contributed by atoms with E-state index in [-0.39, 0.29) is 23.5 Å². The van der Waals surface area contributed by atoms with Crippen LogP contribution in [0.15, 0.2) is 29.4 Å². The number of oxime groups is 1. The molecule has 1 aromatic carbocycles. The minimum atomic E-state index is -0.481. The Balaban J connectivity index is 2.78. The molecule has 4 nitrogen and oxygen atoms in total. The van der Waals surface area contributed by atoms with E-state index in [9.17, 15) is 4.79 Å². The van der Waals surface area contributed by atoms with Crippen molar-refractivity contribution >= 4 is 22.7 Å². The third-order valence-electron chi connectivity index (χ3n) is 2.67. The normalized spacial score (nSPS) is 13.9. The standard InChI is InChI=1S/C15H20ClNO3/c1-10(8-13(18)20-15(2,3)4)11-6-5-7-12(9-11)14(16)17-19/h5-7,9-10,19H,8H2,1-4H3. The summed E-state index contributed by atoms with van der Waals surface area (Å²) in [6.45, 7) is 7.46. The van der Waals surface area contributed by atoms with Crippen molar-refractivity contribution in [3.8, 4) is 0 Å². The van der Waals surface area contributed by atoms with Crippen LogP contribution in [0.3, 0.4) is 0 Å². The van der Waals surface area contributed by atoms with Gasteiger partial charge in [0.15, 0.2) is 5.17 Å². The molecule has 5 heteroatoms. The van der Waals surface area contributed by atoms with Gasteiger partial charge in [0, 0.05) is 5.56 Å². The van der Waals surface area contributed by atoms with Crippen LogP contribution in [0.2, 0.25) is 0 Å². The molecule has 1 rings (SSSR count). The summed E-state index contributed by atoms with van der Waals surface area (Å²) in [5, 5.41) is 11.7. The van der Waals surface area contributed by atoms with E-state index in [4.69, 9.17) is 21.5 Å². The van der Waals surface area contributed by atoms with Crippen LogP contribution >= 0.6 is 11.6 Å². The maximum absolute atomic E-state index is 11.8. The van der Waals surface area contributed by atoms with Crippen molar-refractivity contribution in [3.05, 3.63) is 35.4 Å². The van der Waals surface area contributed by atoms with Gasteiger partial charge in [-0.2, -0.15) is 0 Å². The topological polar surface area (TPSA) is 58.9 Å². The van der Waals surface area contributed by atoms with Crippen LogP contribution < -0.4 is 0 Å². The van der Waals surface area contributed by atoms with Gasteiger partial charge in [0.2, 0.25) is 0 Å². The lowest BCUT2D eigenvalue weighted by molar-refractivity contribution is -0.155. The first kappa shape index (κ1) is 16.5. The fraction of sp³-hybridized carbons (Fsp3) is 0.467. The molecule has 1 atom stereocenters. The van der Waals surface area contributed by atoms with Crippen molar-refractivity contribution in [3.63, 3.8) is 0 Å². The largest absolute Gasteiger partial charge is 0.460 e. The second-order valence-corrected chi connectivity index (χ2v) is 6.07. The zero-order valence-corrected chi connectivity index (χ0v) is 12.9. The summed E-state index contributed by atoms with van der Waals surface area (Å²) in [6, 6.07) is 7.26. The van der Waals surface area contributed by atoms with Crippen LogP contribution in [0.25, 0.3) is 0 Å². The molecule has 1 unspecified atom stereocenters. The Morgan fingerprint density at radius 3 is 2.65 bits per heavy atom. The molecule has 0 aliphatic heterocycles. The third-order valence-corrected chi connectivity index (χ3v) is 2.97. The fourth-order valence-corrected chi connectivity index (χ4v) is 1.90. The Hall–Kier alpha value is -1.55. The van der Waals surface area contributed by atoms with E-state index >= 15 is 0 Å². The summed E-state index contributed by atoms with van der Waals surface area (Å²) in [7, 11) is 0. The van der Waals surface area contributed by atoms with Crippen molar-refractivity contribution < 1.29 is 14.7 Å². The lowest BCUT2D eigenvalue weighted by atomic mass is 9.96. The Morgan fingerprint density at radius 2 is 2.10 bits per heavy atom. The third kappa shape index (κ3) is 5.21. The lowest BCUT2D eigenvalue weighted by Gasteiger charge is -2.21. The van der Waals surface area contributed by atoms with Crippen molar-refractivity contribution in [2.24, 2.45) is 5.16 Å². The van der Waals surface area contributed by atoms with Crippen LogP contribution in [0.4, 0.5) is 0 Å². The zero-order chi connectivity index (χ0) is 15.3. The highest BCUT2D eigenvalue weighted by Gasteiger charge is 2.19. The van der Waals surface area contributed by atoms with Crippen LogP contribution in [0.1, 0.15) is 51.2 Å². The molecule has 1 aromatic rings. The zero-order valence-electron chi connectivity index (χ0n) is 12.2. The van der Waals surface area contributed by atoms with Gasteiger partial charge >= 0.3 is 5.97 Å². The first-order valence-corrected chi connectivity index (χ1v) is 6.80. The smallest absolute Gasteiger partial charge is 0.306 e. The summed E-state index contributed by atoms with van der Waals surface area (Å²) in [4.78, 5) is 11.8. The van der Waals surface area contributed by atoms with Crippen molar-refractivity contribution in [2.45, 2.75) is 45.6 Å². The predicted molar refractivity (Wildman–Crippen MR) is 79.5 cm³/mol. The minimum absolute atomic E-state index is 0.00652. The lowest BCUT2D eigenvalue weighted by Crippen LogP contribution is -2.24. The molecule has 0 aliphatic carbocycles. The average molecular weight is 298 g/mol. The van der Waals surface area contributed by atoms with Gasteiger partial charge in [-0.15, -0.1) is 0 Å². The number of halogens is 1. The van der Waals surface area contributed by atoms with Gasteiger partial charge in [-0.1, -0.05) is 41.9 Å². The van der Waals surface area contributed by atoms with Crippen molar-refractivity contribution in [1.82, 2.24) is 0 Å². The van der Waals surface area contributed by atoms with E-state index in [2.05, 4.69) is 5.16 Å². The number of hydrogen-bond acceptors (Lipinski definition) is 4. The number of carbonyl (C=O) groups is 1. The Bertz CT molecular complexity index is 506. The number of esters is 1. The second-order valence-electron chi connectivity index (χ2n) is 5.71. The second kappa shape index (κ2) is 6.75. The number of hydrogen-bond donors (Lipinski definition) is 1. The van der Waals surface area contributed by atoms with Crippen LogP contribution in [-0.4, -0.2) is 21.9 Å². The molecule has 0 spiro atoms. The molecular formula is C15H20ClNO3. The van der Waals surface area contributed by atoms with Crippen molar-refractivity contribution in [2.75, 3.05) is 0 Å². The number of carbonyl (C=O) groups excluding carboxylic acids is 1. The van der Waals surface area contributed by atoms with Gasteiger partial charge < -0.3 is 9.94 Å². The molecule has 1 N–H and O–H groups in total. The maximum Gasteiger partial charge on any atom is 0.306 e. The summed E-state index contributed by atoms with van der Waals surface area (Å²) in [5.74, 6) is -0.245. The molecule has 20 heavy (non-hydrogen) atoms.